The number of rotatable bonds is 7. The lowest BCUT2D eigenvalue weighted by molar-refractivity contribution is -0.192. The molecule has 0 saturated carbocycles. The summed E-state index contributed by atoms with van der Waals surface area (Å²) in [6.45, 7) is 4.11. The molecule has 2 aromatic carbocycles. The normalized spacial score (nSPS) is 16.0. The van der Waals surface area contributed by atoms with Crippen molar-refractivity contribution in [2.45, 2.75) is 37.6 Å². The molecule has 0 unspecified atom stereocenters. The van der Waals surface area contributed by atoms with E-state index >= 15 is 0 Å². The van der Waals surface area contributed by atoms with Gasteiger partial charge >= 0.3 is 12.1 Å². The van der Waals surface area contributed by atoms with Crippen LogP contribution in [0.5, 0.6) is 0 Å². The van der Waals surface area contributed by atoms with E-state index in [2.05, 4.69) is 27.3 Å². The minimum Gasteiger partial charge on any atom is -0.475 e. The molecule has 0 aliphatic carbocycles. The molecular weight excluding hydrogens is 466 g/mol. The van der Waals surface area contributed by atoms with E-state index in [1.54, 1.807) is 12.1 Å². The third-order valence-electron chi connectivity index (χ3n) is 6.08. The topological polar surface area (TPSA) is 88.6 Å². The quantitative estimate of drug-likeness (QED) is 0.371. The van der Waals surface area contributed by atoms with Gasteiger partial charge in [0.1, 0.15) is 5.82 Å². The summed E-state index contributed by atoms with van der Waals surface area (Å²) in [6.07, 6.45) is -0.666. The lowest BCUT2D eigenvalue weighted by atomic mass is 9.91. The summed E-state index contributed by atoms with van der Waals surface area (Å²) >= 11 is 0. The maximum absolute atomic E-state index is 13.5. The number of likely N-dealkylation sites (tertiary alicyclic amines) is 1. The Bertz CT molecular complexity index is 1090. The van der Waals surface area contributed by atoms with Crippen LogP contribution >= 0.6 is 0 Å². The Hall–Kier alpha value is -2.95. The van der Waals surface area contributed by atoms with Gasteiger partial charge in [-0.05, 0) is 48.6 Å². The van der Waals surface area contributed by atoms with Crippen molar-refractivity contribution in [2.24, 2.45) is 0 Å². The number of carboxylic acid groups (broad SMARTS) is 1. The number of aliphatic carboxylic acids is 1. The zero-order valence-electron chi connectivity index (χ0n) is 19.1. The Kier molecular flexibility index (Phi) is 8.87. The Morgan fingerprint density at radius 2 is 1.77 bits per heavy atom. The zero-order valence-corrected chi connectivity index (χ0v) is 19.1. The first kappa shape index (κ1) is 26.7. The van der Waals surface area contributed by atoms with Crippen LogP contribution < -0.4 is 5.32 Å². The van der Waals surface area contributed by atoms with Crippen molar-refractivity contribution < 1.29 is 32.6 Å². The fraction of sp³-hybridized carbons (Fsp3) is 0.400. The fourth-order valence-electron chi connectivity index (χ4n) is 4.04. The summed E-state index contributed by atoms with van der Waals surface area (Å²) in [5.41, 5.74) is 2.74. The van der Waals surface area contributed by atoms with E-state index in [1.165, 1.54) is 11.6 Å². The summed E-state index contributed by atoms with van der Waals surface area (Å²) in [5, 5.41) is 22.3. The first-order valence-corrected chi connectivity index (χ1v) is 11.3. The van der Waals surface area contributed by atoms with Gasteiger partial charge in [0.15, 0.2) is 0 Å². The van der Waals surface area contributed by atoms with Crippen LogP contribution in [0.3, 0.4) is 0 Å². The van der Waals surface area contributed by atoms with Crippen LogP contribution in [-0.4, -0.2) is 64.0 Å². The molecule has 0 spiro atoms. The molecule has 1 aromatic heterocycles. The minimum atomic E-state index is -5.08. The van der Waals surface area contributed by atoms with Gasteiger partial charge in [-0.25, -0.2) is 9.18 Å². The molecule has 1 fully saturated rings. The highest BCUT2D eigenvalue weighted by Crippen LogP contribution is 2.24. The van der Waals surface area contributed by atoms with Gasteiger partial charge < -0.3 is 25.4 Å². The highest BCUT2D eigenvalue weighted by Gasteiger charge is 2.38. The molecule has 6 nitrogen and oxygen atoms in total. The number of aliphatic hydroxyl groups is 1. The third kappa shape index (κ3) is 8.05. The Labute approximate surface area is 200 Å². The molecule has 3 aromatic rings. The van der Waals surface area contributed by atoms with Crippen LogP contribution in [0, 0.1) is 5.82 Å². The average Bonchev–Trinajstić information content (AvgIpc) is 3.21. The summed E-state index contributed by atoms with van der Waals surface area (Å²) in [4.78, 5) is 14.5. The molecule has 0 amide bonds. The number of nitrogens with zero attached hydrogens (tertiary/aromatic N) is 1. The van der Waals surface area contributed by atoms with E-state index in [4.69, 9.17) is 9.90 Å². The largest absolute Gasteiger partial charge is 0.490 e. The summed E-state index contributed by atoms with van der Waals surface area (Å²) in [7, 11) is 0. The number of carboxylic acids is 1. The first-order chi connectivity index (χ1) is 16.6. The lowest BCUT2D eigenvalue weighted by Gasteiger charge is -2.38. The molecule has 0 atom stereocenters. The molecular formula is C25H29F4N3O3. The number of nitrogens with one attached hydrogen (secondary N) is 2. The van der Waals surface area contributed by atoms with E-state index in [0.717, 1.165) is 61.9 Å². The number of fused-ring (bicyclic) bond motifs is 1. The van der Waals surface area contributed by atoms with Gasteiger partial charge in [-0.1, -0.05) is 30.3 Å². The SMILES string of the molecule is O=C(O)C(F)(F)F.OC1(CNCc2ccccc2)CCN(CCc2c[nH]c3ccc(F)cc23)CC1. The van der Waals surface area contributed by atoms with Crippen molar-refractivity contribution >= 4 is 16.9 Å². The van der Waals surface area contributed by atoms with Gasteiger partial charge in [0, 0.05) is 49.8 Å². The fourth-order valence-corrected chi connectivity index (χ4v) is 4.04. The number of hydrogen-bond donors (Lipinski definition) is 4. The number of carbonyl (C=O) groups is 1. The lowest BCUT2D eigenvalue weighted by Crippen LogP contribution is -2.50. The Morgan fingerprint density at radius 1 is 1.11 bits per heavy atom. The molecule has 2 heterocycles. The molecule has 0 bridgehead atoms. The van der Waals surface area contributed by atoms with Crippen LogP contribution in [0.15, 0.2) is 54.7 Å². The monoisotopic (exact) mass is 495 g/mol. The highest BCUT2D eigenvalue weighted by molar-refractivity contribution is 5.83. The van der Waals surface area contributed by atoms with Crippen LogP contribution in [0.4, 0.5) is 17.6 Å². The standard InChI is InChI=1S/C23H28FN3O.C2HF3O2/c24-20-6-7-22-21(14-20)19(16-26-22)8-11-27-12-9-23(28,10-13-27)17-25-15-18-4-2-1-3-5-18;3-2(4,5)1(6)7/h1-7,14,16,25-26,28H,8-13,15,17H2;(H,6,7). The number of aromatic nitrogens is 1. The van der Waals surface area contributed by atoms with Gasteiger partial charge in [0.25, 0.3) is 0 Å². The van der Waals surface area contributed by atoms with E-state index in [1.807, 2.05) is 24.4 Å². The van der Waals surface area contributed by atoms with Crippen molar-refractivity contribution in [2.75, 3.05) is 26.2 Å². The predicted molar refractivity (Wildman–Crippen MR) is 124 cm³/mol. The predicted octanol–water partition coefficient (Wildman–Crippen LogP) is 4.10. The van der Waals surface area contributed by atoms with Crippen molar-refractivity contribution in [3.05, 3.63) is 71.7 Å². The van der Waals surface area contributed by atoms with E-state index in [-0.39, 0.29) is 5.82 Å². The van der Waals surface area contributed by atoms with E-state index < -0.39 is 17.7 Å². The van der Waals surface area contributed by atoms with Crippen LogP contribution in [0.2, 0.25) is 0 Å². The number of hydrogen-bond acceptors (Lipinski definition) is 4. The zero-order chi connectivity index (χ0) is 25.5. The second kappa shape index (κ2) is 11.7. The number of piperidine rings is 1. The average molecular weight is 496 g/mol. The highest BCUT2D eigenvalue weighted by atomic mass is 19.4. The maximum atomic E-state index is 13.5. The molecule has 10 heteroatoms. The second-order valence-electron chi connectivity index (χ2n) is 8.71. The first-order valence-electron chi connectivity index (χ1n) is 11.3. The summed E-state index contributed by atoms with van der Waals surface area (Å²) in [5.74, 6) is -2.95. The van der Waals surface area contributed by atoms with Crippen molar-refractivity contribution in [1.29, 1.82) is 0 Å². The molecule has 190 valence electrons. The van der Waals surface area contributed by atoms with Crippen LogP contribution in [0.25, 0.3) is 10.9 Å². The van der Waals surface area contributed by atoms with Crippen molar-refractivity contribution in [1.82, 2.24) is 15.2 Å². The molecule has 4 rings (SSSR count). The van der Waals surface area contributed by atoms with Crippen LogP contribution in [0.1, 0.15) is 24.0 Å². The molecule has 1 aliphatic rings. The van der Waals surface area contributed by atoms with Crippen LogP contribution in [-0.2, 0) is 17.8 Å². The summed E-state index contributed by atoms with van der Waals surface area (Å²) in [6, 6.07) is 15.1. The third-order valence-corrected chi connectivity index (χ3v) is 6.08. The Balaban J connectivity index is 0.000000429. The number of H-pyrrole nitrogens is 1. The van der Waals surface area contributed by atoms with E-state index in [9.17, 15) is 22.7 Å². The van der Waals surface area contributed by atoms with Crippen molar-refractivity contribution in [3.63, 3.8) is 0 Å². The van der Waals surface area contributed by atoms with E-state index in [0.29, 0.717) is 6.54 Å². The number of aromatic amines is 1. The minimum absolute atomic E-state index is 0.195. The van der Waals surface area contributed by atoms with Gasteiger partial charge in [0.05, 0.1) is 5.60 Å². The molecule has 4 N–H and O–H groups in total. The molecule has 1 saturated heterocycles. The van der Waals surface area contributed by atoms with Gasteiger partial charge in [0.2, 0.25) is 0 Å². The van der Waals surface area contributed by atoms with Gasteiger partial charge in [-0.3, -0.25) is 0 Å². The number of alkyl halides is 3. The van der Waals surface area contributed by atoms with Gasteiger partial charge in [-0.15, -0.1) is 0 Å². The Morgan fingerprint density at radius 3 is 2.40 bits per heavy atom. The molecule has 1 aliphatic heterocycles. The maximum Gasteiger partial charge on any atom is 0.490 e. The smallest absolute Gasteiger partial charge is 0.475 e. The molecule has 35 heavy (non-hydrogen) atoms. The van der Waals surface area contributed by atoms with Gasteiger partial charge in [-0.2, -0.15) is 13.2 Å². The number of benzene rings is 2. The summed E-state index contributed by atoms with van der Waals surface area (Å²) < 4.78 is 45.3. The second-order valence-corrected chi connectivity index (χ2v) is 8.71. The molecule has 0 radical (unpaired) electrons. The number of halogens is 4. The van der Waals surface area contributed by atoms with Crippen molar-refractivity contribution in [3.8, 4) is 0 Å².